The van der Waals surface area contributed by atoms with Crippen molar-refractivity contribution in [3.63, 3.8) is 0 Å². The van der Waals surface area contributed by atoms with Crippen LogP contribution in [0.4, 0.5) is 10.5 Å². The molecule has 1 N–H and O–H groups in total. The molecule has 5 heteroatoms. The molecule has 4 nitrogen and oxygen atoms in total. The highest BCUT2D eigenvalue weighted by atomic mass is 35.5. The van der Waals surface area contributed by atoms with Crippen LogP contribution in [0.2, 0.25) is 5.02 Å². The number of benzene rings is 2. The molecule has 1 heterocycles. The van der Waals surface area contributed by atoms with Gasteiger partial charge in [0.15, 0.2) is 0 Å². The summed E-state index contributed by atoms with van der Waals surface area (Å²) in [4.78, 5) is 15.0. The number of para-hydroxylation sites is 1. The number of likely N-dealkylation sites (tertiary alicyclic amines) is 1. The van der Waals surface area contributed by atoms with Crippen molar-refractivity contribution >= 4 is 23.4 Å². The third-order valence-corrected chi connectivity index (χ3v) is 4.74. The Kier molecular flexibility index (Phi) is 5.26. The number of carbonyl (C=O) groups is 1. The molecule has 0 spiro atoms. The molecule has 2 aromatic carbocycles. The van der Waals surface area contributed by atoms with E-state index in [1.54, 1.807) is 0 Å². The Labute approximate surface area is 147 Å². The van der Waals surface area contributed by atoms with Crippen LogP contribution < -0.4 is 4.90 Å². The first-order chi connectivity index (χ1) is 11.6. The van der Waals surface area contributed by atoms with Crippen LogP contribution in [0.1, 0.15) is 18.4 Å². The van der Waals surface area contributed by atoms with E-state index >= 15 is 0 Å². The quantitative estimate of drug-likeness (QED) is 0.888. The van der Waals surface area contributed by atoms with E-state index in [1.807, 2.05) is 36.4 Å². The molecule has 0 saturated carbocycles. The minimum absolute atomic E-state index is 0.321. The Hall–Kier alpha value is -2.20. The van der Waals surface area contributed by atoms with Gasteiger partial charge < -0.3 is 14.9 Å². The predicted octanol–water partition coefficient (Wildman–Crippen LogP) is 4.49. The highest BCUT2D eigenvalue weighted by Gasteiger charge is 2.27. The Balaban J connectivity index is 1.79. The van der Waals surface area contributed by atoms with Crippen molar-refractivity contribution in [3.05, 3.63) is 65.2 Å². The Morgan fingerprint density at radius 2 is 1.83 bits per heavy atom. The van der Waals surface area contributed by atoms with Crippen LogP contribution in [0.15, 0.2) is 54.6 Å². The van der Waals surface area contributed by atoms with Crippen molar-refractivity contribution < 1.29 is 9.90 Å². The average molecular weight is 345 g/mol. The molecule has 0 aromatic heterocycles. The van der Waals surface area contributed by atoms with Crippen molar-refractivity contribution in [2.75, 3.05) is 18.0 Å². The van der Waals surface area contributed by atoms with E-state index in [2.05, 4.69) is 23.1 Å². The summed E-state index contributed by atoms with van der Waals surface area (Å²) in [6.07, 6.45) is 0.846. The Morgan fingerprint density at radius 3 is 2.46 bits per heavy atom. The summed E-state index contributed by atoms with van der Waals surface area (Å²) >= 11 is 6.12. The molecular weight excluding hydrogens is 324 g/mol. The van der Waals surface area contributed by atoms with E-state index in [1.165, 1.54) is 4.90 Å². The average Bonchev–Trinajstić information content (AvgIpc) is 2.61. The number of carboxylic acid groups (broad SMARTS) is 1. The molecule has 0 unspecified atom stereocenters. The zero-order chi connectivity index (χ0) is 16.9. The fraction of sp³-hybridized carbons (Fsp3) is 0.316. The molecule has 3 rings (SSSR count). The number of halogens is 1. The first kappa shape index (κ1) is 16.7. The summed E-state index contributed by atoms with van der Waals surface area (Å²) in [5.74, 6) is 0. The molecule has 1 fully saturated rings. The van der Waals surface area contributed by atoms with E-state index in [0.717, 1.165) is 35.7 Å². The second-order valence-corrected chi connectivity index (χ2v) is 6.53. The van der Waals surface area contributed by atoms with Crippen LogP contribution in [-0.4, -0.2) is 35.2 Å². The third kappa shape index (κ3) is 4.01. The lowest BCUT2D eigenvalue weighted by atomic mass is 10.0. The largest absolute Gasteiger partial charge is 0.465 e. The van der Waals surface area contributed by atoms with E-state index in [0.29, 0.717) is 19.1 Å². The van der Waals surface area contributed by atoms with Crippen LogP contribution in [0.5, 0.6) is 0 Å². The summed E-state index contributed by atoms with van der Waals surface area (Å²) in [7, 11) is 0. The highest BCUT2D eigenvalue weighted by Crippen LogP contribution is 2.26. The fourth-order valence-corrected chi connectivity index (χ4v) is 3.46. The molecule has 0 bridgehead atoms. The van der Waals surface area contributed by atoms with Crippen LogP contribution in [-0.2, 0) is 6.54 Å². The van der Waals surface area contributed by atoms with Gasteiger partial charge in [0.2, 0.25) is 0 Å². The monoisotopic (exact) mass is 344 g/mol. The van der Waals surface area contributed by atoms with Gasteiger partial charge in [0.25, 0.3) is 0 Å². The molecule has 0 aliphatic carbocycles. The Morgan fingerprint density at radius 1 is 1.12 bits per heavy atom. The molecule has 0 radical (unpaired) electrons. The number of anilines is 1. The summed E-state index contributed by atoms with van der Waals surface area (Å²) in [6.45, 7) is 1.93. The molecule has 24 heavy (non-hydrogen) atoms. The summed E-state index contributed by atoms with van der Waals surface area (Å²) in [5, 5.41) is 9.88. The normalized spacial score (nSPS) is 15.3. The summed E-state index contributed by atoms with van der Waals surface area (Å²) in [6, 6.07) is 18.5. The molecule has 1 aliphatic rings. The first-order valence-electron chi connectivity index (χ1n) is 8.17. The van der Waals surface area contributed by atoms with Gasteiger partial charge in [-0.25, -0.2) is 4.79 Å². The van der Waals surface area contributed by atoms with Gasteiger partial charge in [0, 0.05) is 36.4 Å². The van der Waals surface area contributed by atoms with Crippen molar-refractivity contribution in [1.29, 1.82) is 0 Å². The zero-order valence-electron chi connectivity index (χ0n) is 13.4. The second kappa shape index (κ2) is 7.58. The van der Waals surface area contributed by atoms with Gasteiger partial charge >= 0.3 is 6.09 Å². The van der Waals surface area contributed by atoms with Crippen molar-refractivity contribution in [3.8, 4) is 0 Å². The maximum Gasteiger partial charge on any atom is 0.407 e. The smallest absolute Gasteiger partial charge is 0.407 e. The van der Waals surface area contributed by atoms with Crippen molar-refractivity contribution in [2.24, 2.45) is 0 Å². The lowest BCUT2D eigenvalue weighted by molar-refractivity contribution is 0.131. The molecule has 1 aliphatic heterocycles. The van der Waals surface area contributed by atoms with Crippen LogP contribution in [0.3, 0.4) is 0 Å². The number of rotatable bonds is 4. The number of piperidine rings is 1. The Bertz CT molecular complexity index is 685. The maximum absolute atomic E-state index is 11.1. The molecule has 0 atom stereocenters. The van der Waals surface area contributed by atoms with Gasteiger partial charge in [-0.1, -0.05) is 41.9 Å². The molecule has 2 aromatic rings. The van der Waals surface area contributed by atoms with E-state index < -0.39 is 6.09 Å². The zero-order valence-corrected chi connectivity index (χ0v) is 14.2. The molecular formula is C19H21ClN2O2. The van der Waals surface area contributed by atoms with Crippen LogP contribution in [0.25, 0.3) is 0 Å². The van der Waals surface area contributed by atoms with Gasteiger partial charge in [-0.15, -0.1) is 0 Å². The predicted molar refractivity (Wildman–Crippen MR) is 96.7 cm³/mol. The topological polar surface area (TPSA) is 43.8 Å². The SMILES string of the molecule is O=C(O)N1CCC(N(Cc2cccc(Cl)c2)c2ccccc2)CC1. The number of nitrogens with zero attached hydrogens (tertiary/aromatic N) is 2. The number of hydrogen-bond acceptors (Lipinski definition) is 2. The lowest BCUT2D eigenvalue weighted by Gasteiger charge is -2.39. The van der Waals surface area contributed by atoms with E-state index in [4.69, 9.17) is 16.7 Å². The van der Waals surface area contributed by atoms with Gasteiger partial charge in [0.1, 0.15) is 0 Å². The molecule has 126 valence electrons. The van der Waals surface area contributed by atoms with E-state index in [9.17, 15) is 4.79 Å². The summed E-state index contributed by atoms with van der Waals surface area (Å²) < 4.78 is 0. The highest BCUT2D eigenvalue weighted by molar-refractivity contribution is 6.30. The van der Waals surface area contributed by atoms with Gasteiger partial charge in [-0.3, -0.25) is 0 Å². The first-order valence-corrected chi connectivity index (χ1v) is 8.55. The van der Waals surface area contributed by atoms with Gasteiger partial charge in [-0.05, 0) is 42.7 Å². The molecule has 1 amide bonds. The summed E-state index contributed by atoms with van der Waals surface area (Å²) in [5.41, 5.74) is 2.32. The number of amides is 1. The lowest BCUT2D eigenvalue weighted by Crippen LogP contribution is -2.46. The molecule has 1 saturated heterocycles. The van der Waals surface area contributed by atoms with E-state index in [-0.39, 0.29) is 0 Å². The minimum atomic E-state index is -0.824. The number of hydrogen-bond donors (Lipinski definition) is 1. The third-order valence-electron chi connectivity index (χ3n) is 4.51. The van der Waals surface area contributed by atoms with Crippen molar-refractivity contribution in [2.45, 2.75) is 25.4 Å². The van der Waals surface area contributed by atoms with Gasteiger partial charge in [-0.2, -0.15) is 0 Å². The standard InChI is InChI=1S/C19H21ClN2O2/c20-16-6-4-5-15(13-16)14-22(17-7-2-1-3-8-17)18-9-11-21(12-10-18)19(23)24/h1-8,13,18H,9-12,14H2,(H,23,24). The minimum Gasteiger partial charge on any atom is -0.465 e. The fourth-order valence-electron chi connectivity index (χ4n) is 3.25. The van der Waals surface area contributed by atoms with Crippen LogP contribution >= 0.6 is 11.6 Å². The van der Waals surface area contributed by atoms with Crippen molar-refractivity contribution in [1.82, 2.24) is 4.90 Å². The van der Waals surface area contributed by atoms with Crippen LogP contribution in [0, 0.1) is 0 Å². The maximum atomic E-state index is 11.1. The van der Waals surface area contributed by atoms with Gasteiger partial charge in [0.05, 0.1) is 0 Å². The second-order valence-electron chi connectivity index (χ2n) is 6.09.